The standard InChI is InChI=1S/C14H16O2/c1-10-7-8-12(14(15)16)13(9-10)11-5-3-2-4-6-11/h2-8,10,12-13H,9H2,1H3,(H,15,16). The zero-order chi connectivity index (χ0) is 11.5. The van der Waals surface area contributed by atoms with Crippen LogP contribution in [-0.2, 0) is 4.79 Å². The Bertz CT molecular complexity index is 394. The molecule has 0 saturated carbocycles. The number of hydrogen-bond acceptors (Lipinski definition) is 1. The van der Waals surface area contributed by atoms with Gasteiger partial charge in [-0.2, -0.15) is 0 Å². The third kappa shape index (κ3) is 2.16. The van der Waals surface area contributed by atoms with Crippen LogP contribution in [0, 0.1) is 11.8 Å². The number of carboxylic acid groups (broad SMARTS) is 1. The lowest BCUT2D eigenvalue weighted by Crippen LogP contribution is -2.24. The molecule has 2 rings (SSSR count). The largest absolute Gasteiger partial charge is 0.481 e. The van der Waals surface area contributed by atoms with E-state index >= 15 is 0 Å². The SMILES string of the molecule is CC1C=CC(C(=O)O)C(c2ccccc2)C1. The van der Waals surface area contributed by atoms with E-state index in [0.717, 1.165) is 12.0 Å². The molecule has 0 fully saturated rings. The molecule has 1 aromatic rings. The molecular weight excluding hydrogens is 200 g/mol. The van der Waals surface area contributed by atoms with E-state index in [4.69, 9.17) is 0 Å². The van der Waals surface area contributed by atoms with Crippen molar-refractivity contribution >= 4 is 5.97 Å². The van der Waals surface area contributed by atoms with E-state index in [-0.39, 0.29) is 11.8 Å². The van der Waals surface area contributed by atoms with Gasteiger partial charge in [-0.1, -0.05) is 49.4 Å². The van der Waals surface area contributed by atoms with Crippen molar-refractivity contribution in [3.8, 4) is 0 Å². The van der Waals surface area contributed by atoms with Gasteiger partial charge in [0.05, 0.1) is 5.92 Å². The third-order valence-corrected chi connectivity index (χ3v) is 3.22. The van der Waals surface area contributed by atoms with Crippen molar-refractivity contribution in [3.05, 3.63) is 48.0 Å². The minimum Gasteiger partial charge on any atom is -0.481 e. The van der Waals surface area contributed by atoms with Crippen LogP contribution in [-0.4, -0.2) is 11.1 Å². The van der Waals surface area contributed by atoms with Crippen molar-refractivity contribution in [2.45, 2.75) is 19.3 Å². The van der Waals surface area contributed by atoms with Gasteiger partial charge in [-0.05, 0) is 17.9 Å². The average Bonchev–Trinajstić information content (AvgIpc) is 2.29. The Morgan fingerprint density at radius 2 is 1.94 bits per heavy atom. The fourth-order valence-corrected chi connectivity index (χ4v) is 2.37. The molecule has 2 heteroatoms. The van der Waals surface area contributed by atoms with Gasteiger partial charge in [-0.25, -0.2) is 0 Å². The normalized spacial score (nSPS) is 28.9. The summed E-state index contributed by atoms with van der Waals surface area (Å²) in [6, 6.07) is 9.94. The van der Waals surface area contributed by atoms with E-state index < -0.39 is 5.97 Å². The van der Waals surface area contributed by atoms with Gasteiger partial charge in [0, 0.05) is 5.92 Å². The van der Waals surface area contributed by atoms with Crippen LogP contribution < -0.4 is 0 Å². The molecule has 0 saturated heterocycles. The van der Waals surface area contributed by atoms with Crippen LogP contribution in [0.2, 0.25) is 0 Å². The van der Waals surface area contributed by atoms with Gasteiger partial charge in [0.2, 0.25) is 0 Å². The Morgan fingerprint density at radius 1 is 1.25 bits per heavy atom. The van der Waals surface area contributed by atoms with E-state index in [2.05, 4.69) is 6.92 Å². The average molecular weight is 216 g/mol. The van der Waals surface area contributed by atoms with Gasteiger partial charge in [-0.15, -0.1) is 0 Å². The summed E-state index contributed by atoms with van der Waals surface area (Å²) in [4.78, 5) is 11.2. The van der Waals surface area contributed by atoms with E-state index in [1.54, 1.807) is 0 Å². The zero-order valence-corrected chi connectivity index (χ0v) is 9.34. The molecule has 1 aliphatic carbocycles. The summed E-state index contributed by atoms with van der Waals surface area (Å²) in [5.41, 5.74) is 1.13. The van der Waals surface area contributed by atoms with Crippen LogP contribution in [0.4, 0.5) is 0 Å². The van der Waals surface area contributed by atoms with E-state index in [1.807, 2.05) is 42.5 Å². The molecule has 1 aliphatic rings. The predicted octanol–water partition coefficient (Wildman–Crippen LogP) is 3.07. The highest BCUT2D eigenvalue weighted by Crippen LogP contribution is 2.36. The second kappa shape index (κ2) is 4.52. The first-order valence-corrected chi connectivity index (χ1v) is 5.64. The van der Waals surface area contributed by atoms with Gasteiger partial charge < -0.3 is 5.11 Å². The topological polar surface area (TPSA) is 37.3 Å². The minimum absolute atomic E-state index is 0.110. The van der Waals surface area contributed by atoms with Crippen molar-refractivity contribution in [1.29, 1.82) is 0 Å². The van der Waals surface area contributed by atoms with Crippen molar-refractivity contribution in [2.75, 3.05) is 0 Å². The fraction of sp³-hybridized carbons (Fsp3) is 0.357. The summed E-state index contributed by atoms with van der Waals surface area (Å²) in [6.45, 7) is 2.13. The Balaban J connectivity index is 2.31. The van der Waals surface area contributed by atoms with Gasteiger partial charge in [0.15, 0.2) is 0 Å². The van der Waals surface area contributed by atoms with Gasteiger partial charge in [0.1, 0.15) is 0 Å². The van der Waals surface area contributed by atoms with Gasteiger partial charge >= 0.3 is 5.97 Å². The molecule has 0 bridgehead atoms. The lowest BCUT2D eigenvalue weighted by atomic mass is 9.76. The third-order valence-electron chi connectivity index (χ3n) is 3.22. The maximum Gasteiger partial charge on any atom is 0.310 e. The van der Waals surface area contributed by atoms with Crippen molar-refractivity contribution in [2.24, 2.45) is 11.8 Å². The Morgan fingerprint density at radius 3 is 2.56 bits per heavy atom. The second-order valence-electron chi connectivity index (χ2n) is 4.48. The molecule has 0 radical (unpaired) electrons. The first kappa shape index (κ1) is 10.9. The van der Waals surface area contributed by atoms with Crippen LogP contribution in [0.1, 0.15) is 24.8 Å². The lowest BCUT2D eigenvalue weighted by molar-refractivity contribution is -0.141. The molecular formula is C14H16O2. The van der Waals surface area contributed by atoms with Crippen LogP contribution in [0.25, 0.3) is 0 Å². The predicted molar refractivity (Wildman–Crippen MR) is 63.2 cm³/mol. The molecule has 1 N–H and O–H groups in total. The molecule has 0 aromatic heterocycles. The van der Waals surface area contributed by atoms with E-state index in [1.165, 1.54) is 0 Å². The number of aliphatic carboxylic acids is 1. The first-order valence-electron chi connectivity index (χ1n) is 5.64. The Hall–Kier alpha value is -1.57. The smallest absolute Gasteiger partial charge is 0.310 e. The molecule has 0 amide bonds. The maximum atomic E-state index is 11.2. The summed E-state index contributed by atoms with van der Waals surface area (Å²) < 4.78 is 0. The number of allylic oxidation sites excluding steroid dienone is 1. The minimum atomic E-state index is -0.725. The molecule has 1 aromatic carbocycles. The molecule has 0 heterocycles. The molecule has 3 unspecified atom stereocenters. The van der Waals surface area contributed by atoms with Gasteiger partial charge in [-0.3, -0.25) is 4.79 Å². The number of rotatable bonds is 2. The summed E-state index contributed by atoms with van der Waals surface area (Å²) in [5, 5.41) is 9.20. The quantitative estimate of drug-likeness (QED) is 0.771. The van der Waals surface area contributed by atoms with Crippen molar-refractivity contribution in [3.63, 3.8) is 0 Å². The summed E-state index contributed by atoms with van der Waals surface area (Å²) in [6.07, 6.45) is 4.77. The van der Waals surface area contributed by atoms with Crippen molar-refractivity contribution < 1.29 is 9.90 Å². The number of carboxylic acids is 1. The van der Waals surface area contributed by atoms with E-state index in [0.29, 0.717) is 5.92 Å². The number of carbonyl (C=O) groups is 1. The Labute approximate surface area is 95.6 Å². The summed E-state index contributed by atoms with van der Waals surface area (Å²) >= 11 is 0. The Kier molecular flexibility index (Phi) is 3.09. The van der Waals surface area contributed by atoms with Crippen LogP contribution >= 0.6 is 0 Å². The second-order valence-corrected chi connectivity index (χ2v) is 4.48. The van der Waals surface area contributed by atoms with Crippen LogP contribution in [0.15, 0.2) is 42.5 Å². The molecule has 84 valence electrons. The zero-order valence-electron chi connectivity index (χ0n) is 9.34. The first-order chi connectivity index (χ1) is 7.68. The van der Waals surface area contributed by atoms with E-state index in [9.17, 15) is 9.90 Å². The molecule has 0 spiro atoms. The van der Waals surface area contributed by atoms with Crippen molar-refractivity contribution in [1.82, 2.24) is 0 Å². The summed E-state index contributed by atoms with van der Waals surface area (Å²) in [7, 11) is 0. The highest BCUT2D eigenvalue weighted by atomic mass is 16.4. The van der Waals surface area contributed by atoms with Gasteiger partial charge in [0.25, 0.3) is 0 Å². The number of benzene rings is 1. The van der Waals surface area contributed by atoms with Crippen LogP contribution in [0.5, 0.6) is 0 Å². The molecule has 2 nitrogen and oxygen atoms in total. The summed E-state index contributed by atoms with van der Waals surface area (Å²) in [5.74, 6) is -0.532. The number of hydrogen-bond donors (Lipinski definition) is 1. The highest BCUT2D eigenvalue weighted by molar-refractivity contribution is 5.74. The highest BCUT2D eigenvalue weighted by Gasteiger charge is 2.30. The maximum absolute atomic E-state index is 11.2. The molecule has 16 heavy (non-hydrogen) atoms. The molecule has 0 aliphatic heterocycles. The van der Waals surface area contributed by atoms with Crippen LogP contribution in [0.3, 0.4) is 0 Å². The fourth-order valence-electron chi connectivity index (χ4n) is 2.37. The monoisotopic (exact) mass is 216 g/mol. The lowest BCUT2D eigenvalue weighted by Gasteiger charge is -2.28. The molecule has 3 atom stereocenters.